The summed E-state index contributed by atoms with van der Waals surface area (Å²) in [5.41, 5.74) is 2.46. The number of carbonyl (C=O) groups is 1. The van der Waals surface area contributed by atoms with Gasteiger partial charge in [-0.3, -0.25) is 9.78 Å². The molecule has 1 amide bonds. The molecular formula is C22H23N5OS. The van der Waals surface area contributed by atoms with Crippen LogP contribution in [0.15, 0.2) is 48.2 Å². The van der Waals surface area contributed by atoms with Gasteiger partial charge in [0.1, 0.15) is 16.5 Å². The van der Waals surface area contributed by atoms with Crippen molar-refractivity contribution in [2.45, 2.75) is 38.3 Å². The van der Waals surface area contributed by atoms with E-state index >= 15 is 0 Å². The van der Waals surface area contributed by atoms with Crippen molar-refractivity contribution in [2.75, 3.05) is 11.9 Å². The van der Waals surface area contributed by atoms with Crippen LogP contribution in [0.5, 0.6) is 0 Å². The zero-order valence-electron chi connectivity index (χ0n) is 16.3. The van der Waals surface area contributed by atoms with Crippen LogP contribution in [0.3, 0.4) is 0 Å². The number of anilines is 1. The Balaban J connectivity index is 1.41. The second-order valence-corrected chi connectivity index (χ2v) is 8.81. The lowest BCUT2D eigenvalue weighted by Crippen LogP contribution is -2.59. The molecule has 3 fully saturated rings. The first-order valence-corrected chi connectivity index (χ1v) is 10.9. The minimum absolute atomic E-state index is 0.0568. The van der Waals surface area contributed by atoms with Crippen molar-refractivity contribution in [3.63, 3.8) is 0 Å². The van der Waals surface area contributed by atoms with Crippen molar-refractivity contribution in [1.29, 1.82) is 0 Å². The number of fused-ring (bicyclic) bond motifs is 3. The van der Waals surface area contributed by atoms with E-state index in [-0.39, 0.29) is 18.0 Å². The predicted octanol–water partition coefficient (Wildman–Crippen LogP) is 4.01. The molecule has 2 aliphatic heterocycles. The van der Waals surface area contributed by atoms with E-state index in [0.717, 1.165) is 35.8 Å². The molecule has 3 aliphatic rings. The molecule has 0 spiro atoms. The highest BCUT2D eigenvalue weighted by molar-refractivity contribution is 7.13. The van der Waals surface area contributed by atoms with Crippen LogP contribution in [0.4, 0.5) is 5.82 Å². The molecule has 3 atom stereocenters. The summed E-state index contributed by atoms with van der Waals surface area (Å²) in [4.78, 5) is 29.0. The van der Waals surface area contributed by atoms with Gasteiger partial charge in [-0.15, -0.1) is 11.3 Å². The van der Waals surface area contributed by atoms with Gasteiger partial charge in [0.15, 0.2) is 0 Å². The monoisotopic (exact) mass is 405 g/mol. The highest BCUT2D eigenvalue weighted by Gasteiger charge is 2.43. The second-order valence-electron chi connectivity index (χ2n) is 7.91. The Morgan fingerprint density at radius 3 is 2.86 bits per heavy atom. The van der Waals surface area contributed by atoms with Gasteiger partial charge in [0.2, 0.25) is 0 Å². The summed E-state index contributed by atoms with van der Waals surface area (Å²) < 4.78 is 0. The van der Waals surface area contributed by atoms with Gasteiger partial charge >= 0.3 is 0 Å². The molecule has 1 saturated carbocycles. The van der Waals surface area contributed by atoms with Crippen molar-refractivity contribution >= 4 is 23.1 Å². The molecule has 1 aliphatic carbocycles. The molecule has 2 bridgehead atoms. The summed E-state index contributed by atoms with van der Waals surface area (Å²) in [5, 5.41) is 6.29. The highest BCUT2D eigenvalue weighted by Crippen LogP contribution is 2.38. The quantitative estimate of drug-likeness (QED) is 0.710. The molecular weight excluding hydrogens is 382 g/mol. The highest BCUT2D eigenvalue weighted by atomic mass is 32.1. The van der Waals surface area contributed by atoms with Crippen LogP contribution in [0, 0.1) is 12.8 Å². The summed E-state index contributed by atoms with van der Waals surface area (Å²) >= 11 is 1.51. The number of hydrogen-bond donors (Lipinski definition) is 1. The van der Waals surface area contributed by atoms with E-state index in [0.29, 0.717) is 17.2 Å². The molecule has 3 aromatic rings. The fourth-order valence-corrected chi connectivity index (χ4v) is 5.22. The lowest BCUT2D eigenvalue weighted by atomic mass is 9.76. The molecule has 5 heterocycles. The maximum absolute atomic E-state index is 13.6. The zero-order chi connectivity index (χ0) is 19.8. The van der Waals surface area contributed by atoms with Crippen LogP contribution in [-0.2, 0) is 0 Å². The number of thiazole rings is 1. The van der Waals surface area contributed by atoms with Gasteiger partial charge in [-0.05, 0) is 55.9 Å². The van der Waals surface area contributed by atoms with Crippen LogP contribution in [0.2, 0.25) is 0 Å². The van der Waals surface area contributed by atoms with Gasteiger partial charge in [-0.2, -0.15) is 0 Å². The maximum atomic E-state index is 13.6. The number of rotatable bonds is 4. The first-order chi connectivity index (χ1) is 14.2. The largest absolute Gasteiger partial charge is 0.365 e. The Hall–Kier alpha value is -2.80. The number of hydrogen-bond acceptors (Lipinski definition) is 6. The molecule has 1 N–H and O–H groups in total. The number of piperidine rings is 2. The standard InChI is InChI=1S/C22H23N5OS/c1-14-4-7-19(25-12-14)26-17-11-15-5-6-18(17)27(13-15)22(28)16-3-2-8-23-20(16)21-24-9-10-29-21/h2-4,7-10,12,15,17-18H,5-6,11,13H2,1H3,(H,25,26). The lowest BCUT2D eigenvalue weighted by Gasteiger charge is -2.50. The molecule has 3 unspecified atom stereocenters. The zero-order valence-corrected chi connectivity index (χ0v) is 17.1. The van der Waals surface area contributed by atoms with E-state index in [1.54, 1.807) is 12.4 Å². The van der Waals surface area contributed by atoms with E-state index in [2.05, 4.69) is 31.2 Å². The first kappa shape index (κ1) is 18.2. The summed E-state index contributed by atoms with van der Waals surface area (Å²) in [5.74, 6) is 1.46. The van der Waals surface area contributed by atoms with Crippen LogP contribution in [0.1, 0.15) is 35.2 Å². The number of nitrogens with one attached hydrogen (secondary N) is 1. The predicted molar refractivity (Wildman–Crippen MR) is 114 cm³/mol. The Morgan fingerprint density at radius 1 is 1.17 bits per heavy atom. The number of amides is 1. The average Bonchev–Trinajstić information content (AvgIpc) is 3.30. The summed E-state index contributed by atoms with van der Waals surface area (Å²) in [6.07, 6.45) is 8.63. The van der Waals surface area contributed by atoms with E-state index in [4.69, 9.17) is 0 Å². The summed E-state index contributed by atoms with van der Waals surface area (Å²) in [7, 11) is 0. The Kier molecular flexibility index (Phi) is 4.75. The molecule has 6 nitrogen and oxygen atoms in total. The SMILES string of the molecule is Cc1ccc(NC2CC3CCC2N(C(=O)c2cccnc2-c2nccs2)C3)nc1. The fourth-order valence-electron chi connectivity index (χ4n) is 4.57. The number of aromatic nitrogens is 3. The third-order valence-electron chi connectivity index (χ3n) is 5.96. The number of carbonyl (C=O) groups excluding carboxylic acids is 1. The Labute approximate surface area is 174 Å². The third kappa shape index (κ3) is 3.51. The second kappa shape index (κ2) is 7.55. The van der Waals surface area contributed by atoms with E-state index in [1.165, 1.54) is 17.8 Å². The molecule has 2 saturated heterocycles. The molecule has 7 heteroatoms. The molecule has 3 aromatic heterocycles. The first-order valence-electron chi connectivity index (χ1n) is 10.0. The third-order valence-corrected chi connectivity index (χ3v) is 6.74. The normalized spacial score (nSPS) is 23.2. The van der Waals surface area contributed by atoms with Crippen LogP contribution in [0.25, 0.3) is 10.7 Å². The Morgan fingerprint density at radius 2 is 2.10 bits per heavy atom. The van der Waals surface area contributed by atoms with Gasteiger partial charge < -0.3 is 10.2 Å². The molecule has 6 rings (SSSR count). The number of nitrogens with zero attached hydrogens (tertiary/aromatic N) is 4. The molecule has 29 heavy (non-hydrogen) atoms. The molecule has 148 valence electrons. The summed E-state index contributed by atoms with van der Waals surface area (Å²) in [6, 6.07) is 8.18. The van der Waals surface area contributed by atoms with Crippen molar-refractivity contribution < 1.29 is 4.79 Å². The van der Waals surface area contributed by atoms with Crippen LogP contribution >= 0.6 is 11.3 Å². The summed E-state index contributed by atoms with van der Waals surface area (Å²) in [6.45, 7) is 2.85. The van der Waals surface area contributed by atoms with Gasteiger partial charge in [0, 0.05) is 36.6 Å². The van der Waals surface area contributed by atoms with Gasteiger partial charge in [-0.25, -0.2) is 9.97 Å². The minimum atomic E-state index is 0.0568. The van der Waals surface area contributed by atoms with Gasteiger partial charge in [0.05, 0.1) is 11.6 Å². The van der Waals surface area contributed by atoms with Crippen LogP contribution < -0.4 is 5.32 Å². The smallest absolute Gasteiger partial charge is 0.256 e. The van der Waals surface area contributed by atoms with Gasteiger partial charge in [-0.1, -0.05) is 6.07 Å². The van der Waals surface area contributed by atoms with Crippen molar-refractivity contribution in [2.24, 2.45) is 5.92 Å². The fraction of sp³-hybridized carbons (Fsp3) is 0.364. The van der Waals surface area contributed by atoms with Crippen LogP contribution in [-0.4, -0.2) is 44.4 Å². The van der Waals surface area contributed by atoms with E-state index in [9.17, 15) is 4.79 Å². The Bertz CT molecular complexity index is 1000. The average molecular weight is 406 g/mol. The number of pyridine rings is 2. The van der Waals surface area contributed by atoms with Crippen molar-refractivity contribution in [3.8, 4) is 10.7 Å². The molecule has 0 aromatic carbocycles. The topological polar surface area (TPSA) is 71.0 Å². The van der Waals surface area contributed by atoms with Gasteiger partial charge in [0.25, 0.3) is 5.91 Å². The van der Waals surface area contributed by atoms with E-state index in [1.807, 2.05) is 36.7 Å². The maximum Gasteiger partial charge on any atom is 0.256 e. The minimum Gasteiger partial charge on any atom is -0.365 e. The lowest BCUT2D eigenvalue weighted by molar-refractivity contribution is 0.0282. The van der Waals surface area contributed by atoms with Crippen molar-refractivity contribution in [3.05, 3.63) is 59.4 Å². The van der Waals surface area contributed by atoms with E-state index < -0.39 is 0 Å². The number of aryl methyl sites for hydroxylation is 1. The van der Waals surface area contributed by atoms with Crippen molar-refractivity contribution in [1.82, 2.24) is 19.9 Å². The molecule has 0 radical (unpaired) electrons.